The van der Waals surface area contributed by atoms with Gasteiger partial charge in [0.05, 0.1) is 46.8 Å². The summed E-state index contributed by atoms with van der Waals surface area (Å²) in [5.74, 6) is 1.92. The summed E-state index contributed by atoms with van der Waals surface area (Å²) >= 11 is 0. The number of piperidine rings is 2. The minimum absolute atomic E-state index is 0.0462. The van der Waals surface area contributed by atoms with Gasteiger partial charge in [-0.3, -0.25) is 9.97 Å². The number of hydrogen-bond donors (Lipinski definition) is 5. The number of aromatic nitrogens is 8. The summed E-state index contributed by atoms with van der Waals surface area (Å²) in [5, 5.41) is 57.7. The van der Waals surface area contributed by atoms with Gasteiger partial charge in [-0.1, -0.05) is 0 Å². The highest BCUT2D eigenvalue weighted by atomic mass is 16.3. The Morgan fingerprint density at radius 3 is 1.45 bits per heavy atom. The van der Waals surface area contributed by atoms with Crippen LogP contribution in [-0.4, -0.2) is 104 Å². The predicted molar refractivity (Wildman–Crippen MR) is 253 cm³/mol. The van der Waals surface area contributed by atoms with Crippen molar-refractivity contribution in [3.8, 4) is 45.5 Å². The first-order valence-corrected chi connectivity index (χ1v) is 21.8. The van der Waals surface area contributed by atoms with E-state index in [0.29, 0.717) is 45.6 Å². The van der Waals surface area contributed by atoms with Crippen molar-refractivity contribution < 1.29 is 15.3 Å². The molecule has 7 aromatic rings. The predicted octanol–water partition coefficient (Wildman–Crippen LogP) is 8.18. The van der Waals surface area contributed by atoms with Crippen LogP contribution < -0.4 is 20.4 Å². The van der Waals surface area contributed by atoms with E-state index in [1.165, 1.54) is 6.20 Å². The van der Waals surface area contributed by atoms with Crippen molar-refractivity contribution in [3.63, 3.8) is 0 Å². The minimum Gasteiger partial charge on any atom is -0.507 e. The van der Waals surface area contributed by atoms with Crippen LogP contribution in [0.4, 0.5) is 11.6 Å². The maximum Gasteiger partial charge on any atom is 0.151 e. The van der Waals surface area contributed by atoms with Crippen LogP contribution in [0.15, 0.2) is 91.8 Å². The number of phenolic OH excluding ortho intramolecular Hbond substituents is 2. The zero-order valence-corrected chi connectivity index (χ0v) is 38.5. The number of rotatable bonds is 7. The lowest BCUT2D eigenvalue weighted by Gasteiger charge is -2.49. The molecule has 0 saturated carbocycles. The number of benzene rings is 2. The van der Waals surface area contributed by atoms with Crippen molar-refractivity contribution in [2.24, 2.45) is 0 Å². The average Bonchev–Trinajstić information content (AvgIpc) is 3.76. The van der Waals surface area contributed by atoms with Crippen LogP contribution in [0.5, 0.6) is 17.2 Å². The summed E-state index contributed by atoms with van der Waals surface area (Å²) < 4.78 is 1.90. The molecule has 2 aliphatic rings. The molecular formula is C49H60N12O3. The third-order valence-corrected chi connectivity index (χ3v) is 12.4. The van der Waals surface area contributed by atoms with E-state index < -0.39 is 0 Å². The Hall–Kier alpha value is -6.45. The summed E-state index contributed by atoms with van der Waals surface area (Å²) in [4.78, 5) is 17.1. The van der Waals surface area contributed by atoms with Crippen LogP contribution >= 0.6 is 0 Å². The molecule has 9 rings (SSSR count). The van der Waals surface area contributed by atoms with Gasteiger partial charge >= 0.3 is 0 Å². The van der Waals surface area contributed by atoms with Crippen molar-refractivity contribution in [1.29, 1.82) is 0 Å². The normalized spacial score (nSPS) is 18.0. The maximum absolute atomic E-state index is 10.7. The lowest BCUT2D eigenvalue weighted by molar-refractivity contribution is 0.160. The Kier molecular flexibility index (Phi) is 11.5. The van der Waals surface area contributed by atoms with Gasteiger partial charge in [-0.15, -0.1) is 20.4 Å². The third-order valence-electron chi connectivity index (χ3n) is 12.4. The number of anilines is 2. The smallest absolute Gasteiger partial charge is 0.151 e. The SMILES string of the molecule is CN(c1ccc(-c2cc3cc(-n4ccnc4)cnc3cc2O)nn1)C1CC(C)(C)NC(C)(C)C1.CN(c1ccc(-c2cc3cc(O)cnc3cc2O)nn1)C1CC(C)(C)NC(C)(C)C1. The Labute approximate surface area is 374 Å². The molecule has 2 fully saturated rings. The van der Waals surface area contributed by atoms with Crippen LogP contribution in [0.1, 0.15) is 81.1 Å². The van der Waals surface area contributed by atoms with Crippen LogP contribution in [-0.2, 0) is 0 Å². The lowest BCUT2D eigenvalue weighted by atomic mass is 9.79. The van der Waals surface area contributed by atoms with Crippen LogP contribution in [0.2, 0.25) is 0 Å². The van der Waals surface area contributed by atoms with E-state index in [2.05, 4.69) is 125 Å². The number of aromatic hydroxyl groups is 3. The fourth-order valence-electron chi connectivity index (χ4n) is 10.0. The van der Waals surface area contributed by atoms with Crippen LogP contribution in [0.25, 0.3) is 50.0 Å². The second-order valence-corrected chi connectivity index (χ2v) is 20.2. The summed E-state index contributed by atoms with van der Waals surface area (Å²) in [6.07, 6.45) is 12.5. The zero-order chi connectivity index (χ0) is 45.8. The highest BCUT2D eigenvalue weighted by Crippen LogP contribution is 2.37. The number of phenols is 2. The Morgan fingerprint density at radius 2 is 1.03 bits per heavy atom. The molecule has 5 N–H and O–H groups in total. The first-order chi connectivity index (χ1) is 30.1. The molecule has 5 aromatic heterocycles. The van der Waals surface area contributed by atoms with Gasteiger partial charge in [0.15, 0.2) is 11.6 Å². The molecule has 15 heteroatoms. The number of nitrogens with zero attached hydrogens (tertiary/aromatic N) is 10. The number of pyridine rings is 2. The van der Waals surface area contributed by atoms with Crippen molar-refractivity contribution in [3.05, 3.63) is 91.8 Å². The summed E-state index contributed by atoms with van der Waals surface area (Å²) in [6, 6.07) is 19.0. The molecule has 0 radical (unpaired) electrons. The van der Waals surface area contributed by atoms with Crippen molar-refractivity contribution in [1.82, 2.24) is 50.5 Å². The van der Waals surface area contributed by atoms with Gasteiger partial charge in [0.2, 0.25) is 0 Å². The van der Waals surface area contributed by atoms with Gasteiger partial charge in [-0.05, 0) is 130 Å². The fraction of sp³-hybridized carbons (Fsp3) is 0.408. The number of fused-ring (bicyclic) bond motifs is 2. The standard InChI is InChI=1S/C26H31N7O.C23H29N5O2/c1-25(2)13-19(14-26(3,4)31-25)32(5)24-7-6-21(29-30-24)20-11-17-10-18(33-9-8-27-16-33)15-28-22(17)12-23(20)34;1-22(2)11-15(12-23(3,4)27-22)28(5)21-7-6-18(25-26-21)17-9-14-8-16(29)13-24-19(14)10-20(17)30/h6-12,15-16,19,31,34H,13-14H2,1-5H3;6-10,13,15,27,29-30H,11-12H2,1-5H3. The second-order valence-electron chi connectivity index (χ2n) is 20.2. The molecule has 0 unspecified atom stereocenters. The average molecular weight is 865 g/mol. The Bertz CT molecular complexity index is 2740. The molecule has 2 saturated heterocycles. The summed E-state index contributed by atoms with van der Waals surface area (Å²) in [5.41, 5.74) is 4.79. The fourth-order valence-corrected chi connectivity index (χ4v) is 10.0. The molecule has 0 atom stereocenters. The Balaban J connectivity index is 0.000000176. The summed E-state index contributed by atoms with van der Waals surface area (Å²) in [6.45, 7) is 17.9. The van der Waals surface area contributed by atoms with Crippen LogP contribution in [0, 0.1) is 0 Å². The van der Waals surface area contributed by atoms with Crippen molar-refractivity contribution in [2.45, 2.75) is 115 Å². The van der Waals surface area contributed by atoms with E-state index in [4.69, 9.17) is 0 Å². The molecule has 7 heterocycles. The van der Waals surface area contributed by atoms with Gasteiger partial charge in [0, 0.05) is 94.8 Å². The zero-order valence-electron chi connectivity index (χ0n) is 38.5. The monoisotopic (exact) mass is 864 g/mol. The topological polar surface area (TPSA) is 186 Å². The number of nitrogens with one attached hydrogen (secondary N) is 2. The Morgan fingerprint density at radius 1 is 0.578 bits per heavy atom. The molecule has 0 aliphatic carbocycles. The molecule has 0 spiro atoms. The van der Waals surface area contributed by atoms with E-state index in [1.807, 2.05) is 47.2 Å². The first-order valence-electron chi connectivity index (χ1n) is 21.8. The molecule has 334 valence electrons. The first kappa shape index (κ1) is 44.2. The van der Waals surface area contributed by atoms with Gasteiger partial charge in [-0.25, -0.2) is 4.98 Å². The minimum atomic E-state index is 0.0462. The van der Waals surface area contributed by atoms with Crippen molar-refractivity contribution >= 4 is 33.4 Å². The largest absolute Gasteiger partial charge is 0.507 e. The summed E-state index contributed by atoms with van der Waals surface area (Å²) in [7, 11) is 4.15. The van der Waals surface area contributed by atoms with E-state index in [9.17, 15) is 15.3 Å². The van der Waals surface area contributed by atoms with Crippen LogP contribution in [0.3, 0.4) is 0 Å². The molecular weight excluding hydrogens is 805 g/mol. The quantitative estimate of drug-likeness (QED) is 0.103. The highest BCUT2D eigenvalue weighted by molar-refractivity contribution is 5.89. The number of hydrogen-bond acceptors (Lipinski definition) is 14. The van der Waals surface area contributed by atoms with E-state index in [0.717, 1.165) is 53.8 Å². The highest BCUT2D eigenvalue weighted by Gasteiger charge is 2.41. The maximum atomic E-state index is 10.7. The van der Waals surface area contributed by atoms with Gasteiger partial charge in [-0.2, -0.15) is 0 Å². The second kappa shape index (κ2) is 16.6. The van der Waals surface area contributed by atoms with Crippen molar-refractivity contribution in [2.75, 3.05) is 23.9 Å². The van der Waals surface area contributed by atoms with E-state index >= 15 is 0 Å². The molecule has 0 amide bonds. The molecule has 2 aromatic carbocycles. The molecule has 64 heavy (non-hydrogen) atoms. The van der Waals surface area contributed by atoms with Gasteiger partial charge in [0.25, 0.3) is 0 Å². The van der Waals surface area contributed by atoms with Gasteiger partial charge < -0.3 is 40.3 Å². The molecule has 15 nitrogen and oxygen atoms in total. The molecule has 2 aliphatic heterocycles. The van der Waals surface area contributed by atoms with E-state index in [1.54, 1.807) is 43.0 Å². The van der Waals surface area contributed by atoms with E-state index in [-0.39, 0.29) is 39.4 Å². The lowest BCUT2D eigenvalue weighted by Crippen LogP contribution is -2.62. The third kappa shape index (κ3) is 9.70. The van der Waals surface area contributed by atoms with Gasteiger partial charge in [0.1, 0.15) is 17.2 Å². The number of imidazole rings is 1. The molecule has 0 bridgehead atoms.